The van der Waals surface area contributed by atoms with E-state index in [0.717, 1.165) is 32.4 Å². The fraction of sp³-hybridized carbons (Fsp3) is 0.381. The third-order valence-corrected chi connectivity index (χ3v) is 5.82. The minimum absolute atomic E-state index is 0. The molecule has 8 heteroatoms. The van der Waals surface area contributed by atoms with Gasteiger partial charge < -0.3 is 15.0 Å². The highest BCUT2D eigenvalue weighted by molar-refractivity contribution is 5.97. The third kappa shape index (κ3) is 4.52. The summed E-state index contributed by atoms with van der Waals surface area (Å²) < 4.78 is 5.87. The van der Waals surface area contributed by atoms with Gasteiger partial charge in [-0.15, -0.1) is 12.4 Å². The second kappa shape index (κ2) is 8.80. The molecular weight excluding hydrogens is 394 g/mol. The lowest BCUT2D eigenvalue weighted by atomic mass is 9.78. The van der Waals surface area contributed by atoms with Gasteiger partial charge in [0.2, 0.25) is 0 Å². The third-order valence-electron chi connectivity index (χ3n) is 5.82. The molecule has 2 heterocycles. The van der Waals surface area contributed by atoms with Gasteiger partial charge in [0.25, 0.3) is 11.6 Å². The number of rotatable bonds is 4. The van der Waals surface area contributed by atoms with Crippen LogP contribution < -0.4 is 10.1 Å². The van der Waals surface area contributed by atoms with Gasteiger partial charge >= 0.3 is 0 Å². The first-order valence-corrected chi connectivity index (χ1v) is 9.58. The molecule has 29 heavy (non-hydrogen) atoms. The number of halogens is 1. The first-order valence-electron chi connectivity index (χ1n) is 9.58. The van der Waals surface area contributed by atoms with Crippen LogP contribution in [0.5, 0.6) is 11.5 Å². The lowest BCUT2D eigenvalue weighted by Gasteiger charge is -2.39. The van der Waals surface area contributed by atoms with E-state index in [1.807, 2.05) is 18.2 Å². The average molecular weight is 418 g/mol. The Hall–Kier alpha value is -2.64. The van der Waals surface area contributed by atoms with Crippen molar-refractivity contribution in [2.24, 2.45) is 5.41 Å². The molecule has 0 aromatic heterocycles. The number of nitro benzene ring substituents is 1. The molecule has 7 nitrogen and oxygen atoms in total. The van der Waals surface area contributed by atoms with Gasteiger partial charge in [0, 0.05) is 31.8 Å². The summed E-state index contributed by atoms with van der Waals surface area (Å²) in [5, 5.41) is 14.6. The maximum absolute atomic E-state index is 13.2. The molecular formula is C21H24ClN3O4. The number of ether oxygens (including phenoxy) is 1. The summed E-state index contributed by atoms with van der Waals surface area (Å²) in [6.07, 6.45) is 3.05. The van der Waals surface area contributed by atoms with Crippen LogP contribution in [0.25, 0.3) is 0 Å². The van der Waals surface area contributed by atoms with Crippen LogP contribution in [0.4, 0.5) is 5.69 Å². The SMILES string of the molecule is Cl.O=C(c1cc([N+](=O)[O-])ccc1Oc1ccccc1)N1CCC2(CCNC2)CC1. The molecule has 2 aliphatic rings. The van der Waals surface area contributed by atoms with Crippen molar-refractivity contribution in [2.45, 2.75) is 19.3 Å². The molecule has 2 aromatic carbocycles. The van der Waals surface area contributed by atoms with Crippen LogP contribution in [0.2, 0.25) is 0 Å². The average Bonchev–Trinajstić information content (AvgIpc) is 3.17. The van der Waals surface area contributed by atoms with Gasteiger partial charge in [0.15, 0.2) is 0 Å². The van der Waals surface area contributed by atoms with Crippen molar-refractivity contribution in [1.82, 2.24) is 10.2 Å². The zero-order chi connectivity index (χ0) is 19.6. The molecule has 0 bridgehead atoms. The van der Waals surface area contributed by atoms with E-state index in [9.17, 15) is 14.9 Å². The van der Waals surface area contributed by atoms with E-state index in [-0.39, 0.29) is 29.6 Å². The van der Waals surface area contributed by atoms with Crippen molar-refractivity contribution in [3.63, 3.8) is 0 Å². The molecule has 2 saturated heterocycles. The molecule has 1 amide bonds. The van der Waals surface area contributed by atoms with Gasteiger partial charge in [-0.2, -0.15) is 0 Å². The smallest absolute Gasteiger partial charge is 0.270 e. The topological polar surface area (TPSA) is 84.7 Å². The van der Waals surface area contributed by atoms with Crippen LogP contribution in [-0.2, 0) is 0 Å². The van der Waals surface area contributed by atoms with Gasteiger partial charge in [0.05, 0.1) is 10.5 Å². The zero-order valence-corrected chi connectivity index (χ0v) is 16.8. The summed E-state index contributed by atoms with van der Waals surface area (Å²) in [4.78, 5) is 25.7. The Labute approximate surface area is 175 Å². The maximum atomic E-state index is 13.2. The largest absolute Gasteiger partial charge is 0.457 e. The minimum Gasteiger partial charge on any atom is -0.457 e. The molecule has 0 unspecified atom stereocenters. The second-order valence-corrected chi connectivity index (χ2v) is 7.57. The highest BCUT2D eigenvalue weighted by atomic mass is 35.5. The summed E-state index contributed by atoms with van der Waals surface area (Å²) in [6, 6.07) is 13.3. The van der Waals surface area contributed by atoms with E-state index in [2.05, 4.69) is 5.32 Å². The molecule has 0 aliphatic carbocycles. The Morgan fingerprint density at radius 1 is 1.10 bits per heavy atom. The maximum Gasteiger partial charge on any atom is 0.270 e. The normalized spacial score (nSPS) is 17.6. The predicted molar refractivity (Wildman–Crippen MR) is 112 cm³/mol. The lowest BCUT2D eigenvalue weighted by molar-refractivity contribution is -0.384. The van der Waals surface area contributed by atoms with E-state index in [4.69, 9.17) is 4.74 Å². The van der Waals surface area contributed by atoms with Gasteiger partial charge in [-0.1, -0.05) is 18.2 Å². The van der Waals surface area contributed by atoms with Crippen molar-refractivity contribution in [2.75, 3.05) is 26.2 Å². The molecule has 2 fully saturated rings. The molecule has 154 valence electrons. The number of piperidine rings is 1. The zero-order valence-electron chi connectivity index (χ0n) is 16.0. The summed E-state index contributed by atoms with van der Waals surface area (Å²) in [7, 11) is 0. The van der Waals surface area contributed by atoms with E-state index < -0.39 is 4.92 Å². The molecule has 4 rings (SSSR count). The number of hydrogen-bond donors (Lipinski definition) is 1. The number of carbonyl (C=O) groups is 1. The van der Waals surface area contributed by atoms with E-state index in [1.165, 1.54) is 18.2 Å². The number of hydrogen-bond acceptors (Lipinski definition) is 5. The van der Waals surface area contributed by atoms with Crippen LogP contribution in [-0.4, -0.2) is 41.9 Å². The van der Waals surface area contributed by atoms with Crippen LogP contribution >= 0.6 is 12.4 Å². The fourth-order valence-corrected chi connectivity index (χ4v) is 4.08. The summed E-state index contributed by atoms with van der Waals surface area (Å²) in [5.41, 5.74) is 0.416. The van der Waals surface area contributed by atoms with Gasteiger partial charge in [-0.05, 0) is 49.4 Å². The number of non-ortho nitro benzene ring substituents is 1. The highest BCUT2D eigenvalue weighted by Gasteiger charge is 2.38. The number of carbonyl (C=O) groups excluding carboxylic acids is 1. The molecule has 2 aromatic rings. The molecule has 2 aliphatic heterocycles. The van der Waals surface area contributed by atoms with Crippen LogP contribution in [0.3, 0.4) is 0 Å². The summed E-state index contributed by atoms with van der Waals surface area (Å²) >= 11 is 0. The first-order chi connectivity index (χ1) is 13.6. The minimum atomic E-state index is -0.488. The van der Waals surface area contributed by atoms with E-state index in [0.29, 0.717) is 30.0 Å². The van der Waals surface area contributed by atoms with Crippen molar-refractivity contribution in [1.29, 1.82) is 0 Å². The standard InChI is InChI=1S/C21H23N3O4.ClH/c25-20(23-12-9-21(10-13-23)8-11-22-15-21)18-14-16(24(26)27)6-7-19(18)28-17-4-2-1-3-5-17;/h1-7,14,22H,8-13,15H2;1H. The Morgan fingerprint density at radius 2 is 1.83 bits per heavy atom. The van der Waals surface area contributed by atoms with Gasteiger partial charge in [0.1, 0.15) is 11.5 Å². The Bertz CT molecular complexity index is 875. The Balaban J connectivity index is 0.00000240. The second-order valence-electron chi connectivity index (χ2n) is 7.57. The quantitative estimate of drug-likeness (QED) is 0.599. The number of para-hydroxylation sites is 1. The molecule has 0 radical (unpaired) electrons. The number of nitrogens with zero attached hydrogens (tertiary/aromatic N) is 2. The van der Waals surface area contributed by atoms with Crippen molar-refractivity contribution in [3.05, 3.63) is 64.2 Å². The Kier molecular flexibility index (Phi) is 6.39. The number of benzene rings is 2. The molecule has 0 saturated carbocycles. The molecule has 1 N–H and O–H groups in total. The summed E-state index contributed by atoms with van der Waals surface area (Å²) in [5.74, 6) is 0.708. The monoisotopic (exact) mass is 417 g/mol. The highest BCUT2D eigenvalue weighted by Crippen LogP contribution is 2.38. The molecule has 1 spiro atoms. The van der Waals surface area contributed by atoms with Crippen LogP contribution in [0.15, 0.2) is 48.5 Å². The number of nitro groups is 1. The first kappa shape index (κ1) is 21.1. The van der Waals surface area contributed by atoms with Gasteiger partial charge in [-0.3, -0.25) is 14.9 Å². The number of amides is 1. The van der Waals surface area contributed by atoms with E-state index in [1.54, 1.807) is 17.0 Å². The summed E-state index contributed by atoms with van der Waals surface area (Å²) in [6.45, 7) is 3.37. The number of nitrogens with one attached hydrogen (secondary N) is 1. The lowest BCUT2D eigenvalue weighted by Crippen LogP contribution is -2.44. The van der Waals surface area contributed by atoms with Gasteiger partial charge in [-0.25, -0.2) is 0 Å². The molecule has 0 atom stereocenters. The van der Waals surface area contributed by atoms with Crippen molar-refractivity contribution >= 4 is 24.0 Å². The fourth-order valence-electron chi connectivity index (χ4n) is 4.08. The van der Waals surface area contributed by atoms with Crippen molar-refractivity contribution < 1.29 is 14.5 Å². The Morgan fingerprint density at radius 3 is 2.45 bits per heavy atom. The van der Waals surface area contributed by atoms with E-state index >= 15 is 0 Å². The van der Waals surface area contributed by atoms with Crippen molar-refractivity contribution in [3.8, 4) is 11.5 Å². The van der Waals surface area contributed by atoms with Crippen LogP contribution in [0.1, 0.15) is 29.6 Å². The number of likely N-dealkylation sites (tertiary alicyclic amines) is 1. The van der Waals surface area contributed by atoms with Crippen LogP contribution in [0, 0.1) is 15.5 Å². The predicted octanol–water partition coefficient (Wildman–Crippen LogP) is 4.02.